The largest absolute Gasteiger partial charge is 0.365 e. The average molecular weight is 255 g/mol. The van der Waals surface area contributed by atoms with Crippen molar-refractivity contribution >= 4 is 22.5 Å². The topological polar surface area (TPSA) is 45.2 Å². The predicted molar refractivity (Wildman–Crippen MR) is 76.0 cm³/mol. The van der Waals surface area contributed by atoms with Crippen LogP contribution in [-0.2, 0) is 4.79 Å². The van der Waals surface area contributed by atoms with Gasteiger partial charge in [0.05, 0.1) is 0 Å². The van der Waals surface area contributed by atoms with E-state index in [4.69, 9.17) is 0 Å². The summed E-state index contributed by atoms with van der Waals surface area (Å²) >= 11 is 0. The molecule has 2 aromatic rings. The predicted octanol–water partition coefficient (Wildman–Crippen LogP) is 2.27. The van der Waals surface area contributed by atoms with Crippen molar-refractivity contribution in [2.24, 2.45) is 0 Å². The number of pyridine rings is 1. The quantitative estimate of drug-likeness (QED) is 0.895. The molecule has 4 heteroatoms. The average Bonchev–Trinajstić information content (AvgIpc) is 2.43. The van der Waals surface area contributed by atoms with E-state index in [1.54, 1.807) is 4.90 Å². The Kier molecular flexibility index (Phi) is 3.07. The van der Waals surface area contributed by atoms with Crippen molar-refractivity contribution in [1.82, 2.24) is 9.88 Å². The molecule has 19 heavy (non-hydrogen) atoms. The standard InChI is InChI=1S/C15H17N3O/c1-18-10-12(6-7-14(18)19)17-15-13-5-3-2-4-11(13)8-9-16-15/h2-5,8-9,12H,6-7,10H2,1H3,(H,16,17). The van der Waals surface area contributed by atoms with Crippen LogP contribution in [0.15, 0.2) is 36.5 Å². The number of anilines is 1. The highest BCUT2D eigenvalue weighted by atomic mass is 16.2. The number of carbonyl (C=O) groups excluding carboxylic acids is 1. The van der Waals surface area contributed by atoms with E-state index in [9.17, 15) is 4.79 Å². The van der Waals surface area contributed by atoms with E-state index in [1.165, 1.54) is 5.39 Å². The lowest BCUT2D eigenvalue weighted by atomic mass is 10.1. The lowest BCUT2D eigenvalue weighted by Gasteiger charge is -2.30. The molecule has 0 bridgehead atoms. The second-order valence-electron chi connectivity index (χ2n) is 5.03. The van der Waals surface area contributed by atoms with Gasteiger partial charge < -0.3 is 10.2 Å². The maximum atomic E-state index is 11.5. The Hall–Kier alpha value is -2.10. The fourth-order valence-electron chi connectivity index (χ4n) is 2.56. The van der Waals surface area contributed by atoms with Crippen molar-refractivity contribution in [3.8, 4) is 0 Å². The Balaban J connectivity index is 1.84. The van der Waals surface area contributed by atoms with Crippen molar-refractivity contribution in [1.29, 1.82) is 0 Å². The number of carbonyl (C=O) groups is 1. The number of rotatable bonds is 2. The van der Waals surface area contributed by atoms with E-state index >= 15 is 0 Å². The van der Waals surface area contributed by atoms with Crippen LogP contribution in [0.4, 0.5) is 5.82 Å². The normalized spacial score (nSPS) is 19.7. The summed E-state index contributed by atoms with van der Waals surface area (Å²) in [5, 5.41) is 5.78. The Labute approximate surface area is 112 Å². The van der Waals surface area contributed by atoms with Crippen LogP contribution in [0.25, 0.3) is 10.8 Å². The van der Waals surface area contributed by atoms with Gasteiger partial charge in [-0.3, -0.25) is 4.79 Å². The van der Waals surface area contributed by atoms with Gasteiger partial charge in [-0.25, -0.2) is 4.98 Å². The number of benzene rings is 1. The minimum absolute atomic E-state index is 0.226. The van der Waals surface area contributed by atoms with Crippen molar-refractivity contribution in [2.75, 3.05) is 18.9 Å². The lowest BCUT2D eigenvalue weighted by Crippen LogP contribution is -2.43. The molecule has 1 N–H and O–H groups in total. The van der Waals surface area contributed by atoms with Crippen molar-refractivity contribution in [3.05, 3.63) is 36.5 Å². The van der Waals surface area contributed by atoms with Gasteiger partial charge >= 0.3 is 0 Å². The van der Waals surface area contributed by atoms with Gasteiger partial charge in [0.15, 0.2) is 0 Å². The van der Waals surface area contributed by atoms with E-state index in [2.05, 4.69) is 22.4 Å². The van der Waals surface area contributed by atoms with E-state index in [1.807, 2.05) is 31.4 Å². The fraction of sp³-hybridized carbons (Fsp3) is 0.333. The van der Waals surface area contributed by atoms with E-state index < -0.39 is 0 Å². The Bertz CT molecular complexity index is 606. The summed E-state index contributed by atoms with van der Waals surface area (Å²) in [4.78, 5) is 17.7. The summed E-state index contributed by atoms with van der Waals surface area (Å²) in [6.07, 6.45) is 3.30. The molecule has 1 amide bonds. The molecule has 0 spiro atoms. The molecule has 0 radical (unpaired) electrons. The van der Waals surface area contributed by atoms with Crippen LogP contribution in [0.2, 0.25) is 0 Å². The zero-order valence-electron chi connectivity index (χ0n) is 11.0. The summed E-state index contributed by atoms with van der Waals surface area (Å²) in [5.41, 5.74) is 0. The minimum Gasteiger partial charge on any atom is -0.365 e. The van der Waals surface area contributed by atoms with Gasteiger partial charge in [-0.05, 0) is 17.9 Å². The highest BCUT2D eigenvalue weighted by Crippen LogP contribution is 2.22. The third-order valence-electron chi connectivity index (χ3n) is 3.64. The Morgan fingerprint density at radius 3 is 3.00 bits per heavy atom. The number of piperidine rings is 1. The molecule has 1 aliphatic heterocycles. The second-order valence-corrected chi connectivity index (χ2v) is 5.03. The van der Waals surface area contributed by atoms with Crippen LogP contribution in [-0.4, -0.2) is 35.4 Å². The summed E-state index contributed by atoms with van der Waals surface area (Å²) in [7, 11) is 1.85. The van der Waals surface area contributed by atoms with Gasteiger partial charge in [0.2, 0.25) is 5.91 Å². The van der Waals surface area contributed by atoms with Gasteiger partial charge in [0, 0.05) is 37.6 Å². The highest BCUT2D eigenvalue weighted by molar-refractivity contribution is 5.91. The van der Waals surface area contributed by atoms with Crippen molar-refractivity contribution in [2.45, 2.75) is 18.9 Å². The summed E-state index contributed by atoms with van der Waals surface area (Å²) in [6.45, 7) is 0.740. The molecule has 1 aliphatic rings. The highest BCUT2D eigenvalue weighted by Gasteiger charge is 2.23. The molecular weight excluding hydrogens is 238 g/mol. The molecular formula is C15H17N3O. The fourth-order valence-corrected chi connectivity index (χ4v) is 2.56. The Morgan fingerprint density at radius 2 is 2.16 bits per heavy atom. The maximum absolute atomic E-state index is 11.5. The summed E-state index contributed by atoms with van der Waals surface area (Å²) in [5.74, 6) is 1.13. The monoisotopic (exact) mass is 255 g/mol. The zero-order valence-corrected chi connectivity index (χ0v) is 11.0. The van der Waals surface area contributed by atoms with Crippen molar-refractivity contribution in [3.63, 3.8) is 0 Å². The number of nitrogens with zero attached hydrogens (tertiary/aromatic N) is 2. The smallest absolute Gasteiger partial charge is 0.222 e. The van der Waals surface area contributed by atoms with Crippen LogP contribution in [0.3, 0.4) is 0 Å². The molecule has 3 rings (SSSR count). The molecule has 1 saturated heterocycles. The van der Waals surface area contributed by atoms with Crippen LogP contribution >= 0.6 is 0 Å². The van der Waals surface area contributed by atoms with Gasteiger partial charge in [-0.15, -0.1) is 0 Å². The number of aromatic nitrogens is 1. The number of hydrogen-bond donors (Lipinski definition) is 1. The maximum Gasteiger partial charge on any atom is 0.222 e. The zero-order chi connectivity index (χ0) is 13.2. The molecule has 0 saturated carbocycles. The third kappa shape index (κ3) is 2.38. The first-order valence-electron chi connectivity index (χ1n) is 6.58. The minimum atomic E-state index is 0.226. The Morgan fingerprint density at radius 1 is 1.32 bits per heavy atom. The molecule has 1 atom stereocenters. The summed E-state index contributed by atoms with van der Waals surface area (Å²) < 4.78 is 0. The van der Waals surface area contributed by atoms with Crippen LogP contribution in [0.1, 0.15) is 12.8 Å². The molecule has 1 unspecified atom stereocenters. The molecule has 1 aromatic heterocycles. The molecule has 1 fully saturated rings. The SMILES string of the molecule is CN1CC(Nc2nccc3ccccc23)CCC1=O. The van der Waals surface area contributed by atoms with Gasteiger partial charge in [-0.2, -0.15) is 0 Å². The first kappa shape index (κ1) is 12.0. The van der Waals surface area contributed by atoms with Gasteiger partial charge in [-0.1, -0.05) is 24.3 Å². The third-order valence-corrected chi connectivity index (χ3v) is 3.64. The van der Waals surface area contributed by atoms with Crippen LogP contribution in [0, 0.1) is 0 Å². The first-order valence-corrected chi connectivity index (χ1v) is 6.58. The van der Waals surface area contributed by atoms with E-state index in [0.717, 1.165) is 24.2 Å². The second kappa shape index (κ2) is 4.88. The molecule has 0 aliphatic carbocycles. The number of hydrogen-bond acceptors (Lipinski definition) is 3. The van der Waals surface area contributed by atoms with Crippen LogP contribution < -0.4 is 5.32 Å². The van der Waals surface area contributed by atoms with Gasteiger partial charge in [0.1, 0.15) is 5.82 Å². The van der Waals surface area contributed by atoms with E-state index in [-0.39, 0.29) is 11.9 Å². The molecule has 1 aromatic carbocycles. The number of amides is 1. The summed E-state index contributed by atoms with van der Waals surface area (Å²) in [6, 6.07) is 10.5. The molecule has 2 heterocycles. The number of fused-ring (bicyclic) bond motifs is 1. The first-order chi connectivity index (χ1) is 9.24. The number of nitrogens with one attached hydrogen (secondary N) is 1. The van der Waals surface area contributed by atoms with E-state index in [0.29, 0.717) is 6.42 Å². The van der Waals surface area contributed by atoms with Crippen molar-refractivity contribution < 1.29 is 4.79 Å². The van der Waals surface area contributed by atoms with Gasteiger partial charge in [0.25, 0.3) is 0 Å². The number of likely N-dealkylation sites (N-methyl/N-ethyl adjacent to an activating group) is 1. The number of likely N-dealkylation sites (tertiary alicyclic amines) is 1. The molecule has 4 nitrogen and oxygen atoms in total. The lowest BCUT2D eigenvalue weighted by molar-refractivity contribution is -0.132. The molecule has 98 valence electrons. The van der Waals surface area contributed by atoms with Crippen LogP contribution in [0.5, 0.6) is 0 Å².